The molecular weight excluding hydrogens is 136 g/mol. The van der Waals surface area contributed by atoms with E-state index in [1.165, 1.54) is 0 Å². The van der Waals surface area contributed by atoms with E-state index < -0.39 is 0 Å². The van der Waals surface area contributed by atoms with Gasteiger partial charge in [0.15, 0.2) is 0 Å². The van der Waals surface area contributed by atoms with Crippen molar-refractivity contribution in [1.82, 2.24) is 0 Å². The van der Waals surface area contributed by atoms with E-state index in [9.17, 15) is 0 Å². The maximum absolute atomic E-state index is 5.46. The number of ether oxygens (including phenoxy) is 2. The molecule has 0 aromatic rings. The van der Waals surface area contributed by atoms with Crippen LogP contribution in [0.4, 0.5) is 0 Å². The summed E-state index contributed by atoms with van der Waals surface area (Å²) >= 11 is 1.93. The van der Waals surface area contributed by atoms with E-state index in [1.807, 2.05) is 11.8 Å². The summed E-state index contributed by atoms with van der Waals surface area (Å²) in [5.74, 6) is 2.26. The van der Waals surface area contributed by atoms with Crippen molar-refractivity contribution in [3.05, 3.63) is 0 Å². The van der Waals surface area contributed by atoms with Crippen LogP contribution in [0.2, 0.25) is 0 Å². The SMILES string of the molecule is C1CSCC2OCC2O1. The molecule has 2 unspecified atom stereocenters. The Kier molecular flexibility index (Phi) is 1.66. The third-order valence-corrected chi connectivity index (χ3v) is 2.75. The fourth-order valence-electron chi connectivity index (χ4n) is 1.08. The van der Waals surface area contributed by atoms with Gasteiger partial charge in [-0.2, -0.15) is 11.8 Å². The Morgan fingerprint density at radius 1 is 1.22 bits per heavy atom. The Bertz CT molecular complexity index is 95.2. The summed E-state index contributed by atoms with van der Waals surface area (Å²) in [7, 11) is 0. The number of rotatable bonds is 0. The van der Waals surface area contributed by atoms with E-state index in [4.69, 9.17) is 9.47 Å². The number of thioether (sulfide) groups is 1. The molecule has 2 nitrogen and oxygen atoms in total. The van der Waals surface area contributed by atoms with Crippen molar-refractivity contribution in [1.29, 1.82) is 0 Å². The monoisotopic (exact) mass is 146 g/mol. The Morgan fingerprint density at radius 3 is 3.00 bits per heavy atom. The molecule has 0 aromatic heterocycles. The molecule has 3 heteroatoms. The molecule has 2 saturated heterocycles. The smallest absolute Gasteiger partial charge is 0.108 e. The van der Waals surface area contributed by atoms with Crippen LogP contribution >= 0.6 is 11.8 Å². The molecule has 2 fully saturated rings. The minimum Gasteiger partial charge on any atom is -0.372 e. The fraction of sp³-hybridized carbons (Fsp3) is 1.00. The van der Waals surface area contributed by atoms with Crippen molar-refractivity contribution in [3.8, 4) is 0 Å². The second-order valence-electron chi connectivity index (χ2n) is 2.36. The summed E-state index contributed by atoms with van der Waals surface area (Å²) in [6.45, 7) is 1.74. The Balaban J connectivity index is 1.90. The van der Waals surface area contributed by atoms with Gasteiger partial charge in [-0.05, 0) is 0 Å². The van der Waals surface area contributed by atoms with Gasteiger partial charge in [0.1, 0.15) is 6.10 Å². The minimum absolute atomic E-state index is 0.414. The Morgan fingerprint density at radius 2 is 2.22 bits per heavy atom. The highest BCUT2D eigenvalue weighted by Crippen LogP contribution is 2.23. The quantitative estimate of drug-likeness (QED) is 0.496. The normalized spacial score (nSPS) is 42.7. The van der Waals surface area contributed by atoms with Crippen molar-refractivity contribution < 1.29 is 9.47 Å². The van der Waals surface area contributed by atoms with Crippen molar-refractivity contribution >= 4 is 11.8 Å². The van der Waals surface area contributed by atoms with Crippen molar-refractivity contribution in [3.63, 3.8) is 0 Å². The van der Waals surface area contributed by atoms with E-state index >= 15 is 0 Å². The van der Waals surface area contributed by atoms with Gasteiger partial charge in [0.2, 0.25) is 0 Å². The van der Waals surface area contributed by atoms with E-state index in [-0.39, 0.29) is 0 Å². The van der Waals surface area contributed by atoms with Gasteiger partial charge in [0.25, 0.3) is 0 Å². The summed E-state index contributed by atoms with van der Waals surface area (Å²) in [6.07, 6.45) is 0.845. The van der Waals surface area contributed by atoms with Crippen LogP contribution < -0.4 is 0 Å². The average molecular weight is 146 g/mol. The molecule has 2 atom stereocenters. The molecule has 0 bridgehead atoms. The predicted octanol–water partition coefficient (Wildman–Crippen LogP) is 0.517. The first kappa shape index (κ1) is 6.01. The summed E-state index contributed by atoms with van der Waals surface area (Å²) in [4.78, 5) is 0. The highest BCUT2D eigenvalue weighted by Gasteiger charge is 2.34. The van der Waals surface area contributed by atoms with Crippen LogP contribution in [0.15, 0.2) is 0 Å². The lowest BCUT2D eigenvalue weighted by atomic mass is 10.1. The van der Waals surface area contributed by atoms with Gasteiger partial charge in [0, 0.05) is 11.5 Å². The van der Waals surface area contributed by atoms with Crippen LogP contribution in [0.1, 0.15) is 0 Å². The summed E-state index contributed by atoms with van der Waals surface area (Å²) in [5.41, 5.74) is 0. The molecule has 52 valence electrons. The Labute approximate surface area is 58.9 Å². The van der Waals surface area contributed by atoms with Gasteiger partial charge in [-0.15, -0.1) is 0 Å². The molecule has 9 heavy (non-hydrogen) atoms. The maximum atomic E-state index is 5.46. The number of hydrogen-bond acceptors (Lipinski definition) is 3. The van der Waals surface area contributed by atoms with Crippen LogP contribution in [0.25, 0.3) is 0 Å². The van der Waals surface area contributed by atoms with Gasteiger partial charge in [-0.1, -0.05) is 0 Å². The molecule has 0 radical (unpaired) electrons. The predicted molar refractivity (Wildman–Crippen MR) is 36.8 cm³/mol. The van der Waals surface area contributed by atoms with E-state index in [0.29, 0.717) is 12.2 Å². The molecule has 2 heterocycles. The average Bonchev–Trinajstić information content (AvgIpc) is 1.94. The van der Waals surface area contributed by atoms with Crippen LogP contribution in [0.3, 0.4) is 0 Å². The van der Waals surface area contributed by atoms with Gasteiger partial charge >= 0.3 is 0 Å². The first-order chi connectivity index (χ1) is 4.47. The minimum atomic E-state index is 0.414. The largest absolute Gasteiger partial charge is 0.372 e. The highest BCUT2D eigenvalue weighted by atomic mass is 32.2. The zero-order valence-corrected chi connectivity index (χ0v) is 6.02. The van der Waals surface area contributed by atoms with Crippen LogP contribution in [-0.2, 0) is 9.47 Å². The van der Waals surface area contributed by atoms with Crippen molar-refractivity contribution in [2.75, 3.05) is 24.7 Å². The van der Waals surface area contributed by atoms with Gasteiger partial charge in [-0.25, -0.2) is 0 Å². The molecule has 0 aliphatic carbocycles. The highest BCUT2D eigenvalue weighted by molar-refractivity contribution is 7.99. The topological polar surface area (TPSA) is 18.5 Å². The van der Waals surface area contributed by atoms with Crippen molar-refractivity contribution in [2.24, 2.45) is 0 Å². The lowest BCUT2D eigenvalue weighted by Crippen LogP contribution is -2.47. The second kappa shape index (κ2) is 2.48. The lowest BCUT2D eigenvalue weighted by Gasteiger charge is -2.34. The first-order valence-electron chi connectivity index (χ1n) is 3.28. The molecule has 0 saturated carbocycles. The van der Waals surface area contributed by atoms with Gasteiger partial charge in [-0.3, -0.25) is 0 Å². The third kappa shape index (κ3) is 1.09. The maximum Gasteiger partial charge on any atom is 0.108 e. The van der Waals surface area contributed by atoms with E-state index in [0.717, 1.165) is 24.7 Å². The standard InChI is InChI=1S/C6H10O2S/c1-2-9-4-6-5(7-1)3-8-6/h5-6H,1-4H2. The number of hydrogen-bond donors (Lipinski definition) is 0. The van der Waals surface area contributed by atoms with Crippen molar-refractivity contribution in [2.45, 2.75) is 12.2 Å². The second-order valence-corrected chi connectivity index (χ2v) is 3.51. The number of fused-ring (bicyclic) bond motifs is 1. The molecule has 0 spiro atoms. The van der Waals surface area contributed by atoms with Crippen LogP contribution in [0, 0.1) is 0 Å². The van der Waals surface area contributed by atoms with E-state index in [2.05, 4.69) is 0 Å². The summed E-state index contributed by atoms with van der Waals surface area (Å²) in [6, 6.07) is 0. The summed E-state index contributed by atoms with van der Waals surface area (Å²) in [5, 5.41) is 0. The van der Waals surface area contributed by atoms with Gasteiger partial charge in [0.05, 0.1) is 19.3 Å². The lowest BCUT2D eigenvalue weighted by molar-refractivity contribution is -0.172. The molecule has 0 amide bonds. The zero-order valence-electron chi connectivity index (χ0n) is 5.21. The molecule has 2 aliphatic rings. The van der Waals surface area contributed by atoms with Gasteiger partial charge < -0.3 is 9.47 Å². The molecule has 2 aliphatic heterocycles. The first-order valence-corrected chi connectivity index (χ1v) is 4.43. The van der Waals surface area contributed by atoms with Crippen LogP contribution in [-0.4, -0.2) is 36.9 Å². The van der Waals surface area contributed by atoms with E-state index in [1.54, 1.807) is 0 Å². The van der Waals surface area contributed by atoms with Crippen LogP contribution in [0.5, 0.6) is 0 Å². The molecule has 0 aromatic carbocycles. The fourth-order valence-corrected chi connectivity index (χ4v) is 2.00. The summed E-state index contributed by atoms with van der Waals surface area (Å²) < 4.78 is 10.7. The molecule has 0 N–H and O–H groups in total. The molecular formula is C6H10O2S. The Hall–Kier alpha value is 0.270. The third-order valence-electron chi connectivity index (χ3n) is 1.73. The molecule has 2 rings (SSSR count). The zero-order chi connectivity index (χ0) is 6.10.